The topological polar surface area (TPSA) is 78.4 Å². The molecule has 1 aliphatic heterocycles. The smallest absolute Gasteiger partial charge is 0.303 e. The summed E-state index contributed by atoms with van der Waals surface area (Å²) in [5.41, 5.74) is -4.38. The van der Waals surface area contributed by atoms with Crippen molar-refractivity contribution in [2.45, 2.75) is 51.3 Å². The van der Waals surface area contributed by atoms with Crippen molar-refractivity contribution in [3.63, 3.8) is 0 Å². The molecule has 1 aliphatic rings. The predicted octanol–water partition coefficient (Wildman–Crippen LogP) is 4.76. The number of halogens is 4. The van der Waals surface area contributed by atoms with Gasteiger partial charge in [-0.25, -0.2) is 18.7 Å². The van der Waals surface area contributed by atoms with Gasteiger partial charge in [0.1, 0.15) is 23.1 Å². The Kier molecular flexibility index (Phi) is 5.78. The number of nitrogens with one attached hydrogen (secondary N) is 1. The van der Waals surface area contributed by atoms with Crippen molar-refractivity contribution < 1.29 is 27.5 Å². The summed E-state index contributed by atoms with van der Waals surface area (Å²) < 4.78 is 59.1. The summed E-state index contributed by atoms with van der Waals surface area (Å²) in [6.07, 6.45) is 0.0536. The first kappa shape index (κ1) is 24.8. The van der Waals surface area contributed by atoms with Crippen LogP contribution in [0.3, 0.4) is 0 Å². The van der Waals surface area contributed by atoms with Crippen LogP contribution in [0, 0.1) is 12.7 Å². The molecule has 3 aromatic rings. The average molecular weight is 491 g/mol. The van der Waals surface area contributed by atoms with E-state index in [1.54, 1.807) is 13.0 Å². The first-order valence-corrected chi connectivity index (χ1v) is 11.1. The highest BCUT2D eigenvalue weighted by Gasteiger charge is 2.49. The quantitative estimate of drug-likeness (QED) is 0.488. The third kappa shape index (κ3) is 3.99. The van der Waals surface area contributed by atoms with E-state index in [-0.39, 0.29) is 24.1 Å². The second-order valence-electron chi connectivity index (χ2n) is 9.46. The molecule has 0 saturated carbocycles. The third-order valence-corrected chi connectivity index (χ3v) is 6.37. The van der Waals surface area contributed by atoms with E-state index in [1.165, 1.54) is 37.1 Å². The molecule has 35 heavy (non-hydrogen) atoms. The molecular weight excluding hydrogens is 464 g/mol. The van der Waals surface area contributed by atoms with Gasteiger partial charge >= 0.3 is 5.92 Å². The lowest BCUT2D eigenvalue weighted by Gasteiger charge is -2.30. The molecular formula is C25H26F4N4O2. The first-order chi connectivity index (χ1) is 16.2. The fourth-order valence-electron chi connectivity index (χ4n) is 4.27. The number of likely N-dealkylation sites (N-methyl/N-ethyl adjacent to an activating group) is 1. The van der Waals surface area contributed by atoms with E-state index in [1.807, 2.05) is 0 Å². The van der Waals surface area contributed by atoms with E-state index in [2.05, 4.69) is 15.3 Å². The highest BCUT2D eigenvalue weighted by Crippen LogP contribution is 2.44. The van der Waals surface area contributed by atoms with E-state index in [4.69, 9.17) is 0 Å². The molecule has 2 aromatic carbocycles. The van der Waals surface area contributed by atoms with Crippen LogP contribution in [0.2, 0.25) is 0 Å². The van der Waals surface area contributed by atoms with Gasteiger partial charge in [-0.1, -0.05) is 12.1 Å². The maximum Gasteiger partial charge on any atom is 0.303 e. The number of fused-ring (bicyclic) bond motifs is 2. The Morgan fingerprint density at radius 2 is 1.89 bits per heavy atom. The molecule has 1 aromatic heterocycles. The van der Waals surface area contributed by atoms with Gasteiger partial charge in [-0.05, 0) is 57.9 Å². The number of anilines is 2. The van der Waals surface area contributed by atoms with Gasteiger partial charge in [-0.15, -0.1) is 0 Å². The van der Waals surface area contributed by atoms with E-state index >= 15 is 4.39 Å². The number of alkyl halides is 3. The largest absolute Gasteiger partial charge is 0.384 e. The Hall–Kier alpha value is -3.27. The third-order valence-electron chi connectivity index (χ3n) is 6.37. The molecule has 0 aliphatic carbocycles. The molecule has 0 saturated heterocycles. The Bertz CT molecular complexity index is 1340. The second-order valence-corrected chi connectivity index (χ2v) is 9.46. The summed E-state index contributed by atoms with van der Waals surface area (Å²) in [5.74, 6) is -4.75. The minimum atomic E-state index is -3.78. The van der Waals surface area contributed by atoms with Gasteiger partial charge < -0.3 is 15.3 Å². The minimum absolute atomic E-state index is 0.0495. The maximum atomic E-state index is 15.0. The van der Waals surface area contributed by atoms with Gasteiger partial charge in [0.25, 0.3) is 5.91 Å². The number of rotatable bonds is 6. The van der Waals surface area contributed by atoms with Crippen molar-refractivity contribution in [3.05, 3.63) is 58.7 Å². The first-order valence-electron chi connectivity index (χ1n) is 11.1. The SMILES string of the molecule is Cc1nc(NCCc2cccc(C(F)(F)C(C)(C)O)c2F)c2cc3c(cc2n1)[C@@](C)(F)C(=O)N3C. The van der Waals surface area contributed by atoms with Crippen LogP contribution in [0.1, 0.15) is 43.3 Å². The van der Waals surface area contributed by atoms with Crippen molar-refractivity contribution in [3.8, 4) is 0 Å². The summed E-state index contributed by atoms with van der Waals surface area (Å²) in [6.45, 7) is 4.87. The van der Waals surface area contributed by atoms with Crippen LogP contribution in [-0.2, 0) is 22.8 Å². The molecule has 0 fully saturated rings. The van der Waals surface area contributed by atoms with Crippen LogP contribution in [0.5, 0.6) is 0 Å². The number of amides is 1. The zero-order valence-electron chi connectivity index (χ0n) is 20.0. The van der Waals surface area contributed by atoms with Crippen molar-refractivity contribution in [1.29, 1.82) is 0 Å². The summed E-state index contributed by atoms with van der Waals surface area (Å²) in [6, 6.07) is 6.83. The molecule has 186 valence electrons. The Morgan fingerprint density at radius 3 is 2.54 bits per heavy atom. The predicted molar refractivity (Wildman–Crippen MR) is 125 cm³/mol. The molecule has 1 atom stereocenters. The van der Waals surface area contributed by atoms with Crippen molar-refractivity contribution in [2.24, 2.45) is 0 Å². The fraction of sp³-hybridized carbons (Fsp3) is 0.400. The second kappa shape index (κ2) is 8.15. The van der Waals surface area contributed by atoms with Crippen molar-refractivity contribution in [1.82, 2.24) is 9.97 Å². The van der Waals surface area contributed by atoms with Crippen LogP contribution in [-0.4, -0.2) is 40.2 Å². The molecule has 1 amide bonds. The molecule has 2 heterocycles. The van der Waals surface area contributed by atoms with Gasteiger partial charge in [0, 0.05) is 24.5 Å². The Balaban J connectivity index is 1.63. The molecule has 0 radical (unpaired) electrons. The number of carbonyl (C=O) groups is 1. The number of hydrogen-bond donors (Lipinski definition) is 2. The van der Waals surface area contributed by atoms with Crippen LogP contribution in [0.4, 0.5) is 29.1 Å². The molecule has 0 spiro atoms. The number of aliphatic hydroxyl groups is 1. The van der Waals surface area contributed by atoms with Gasteiger partial charge in [0.05, 0.1) is 16.8 Å². The van der Waals surface area contributed by atoms with E-state index < -0.39 is 34.5 Å². The number of carbonyl (C=O) groups excluding carboxylic acids is 1. The lowest BCUT2D eigenvalue weighted by molar-refractivity contribution is -0.170. The highest BCUT2D eigenvalue weighted by atomic mass is 19.3. The highest BCUT2D eigenvalue weighted by molar-refractivity contribution is 6.09. The summed E-state index contributed by atoms with van der Waals surface area (Å²) in [7, 11) is 1.49. The van der Waals surface area contributed by atoms with Gasteiger partial charge in [0.15, 0.2) is 0 Å². The molecule has 10 heteroatoms. The van der Waals surface area contributed by atoms with E-state index in [0.717, 1.165) is 19.9 Å². The van der Waals surface area contributed by atoms with Crippen LogP contribution < -0.4 is 10.2 Å². The van der Waals surface area contributed by atoms with E-state index in [9.17, 15) is 23.1 Å². The molecule has 4 rings (SSSR count). The van der Waals surface area contributed by atoms with Crippen molar-refractivity contribution >= 4 is 28.3 Å². The Labute approximate surface area is 200 Å². The normalized spacial score (nSPS) is 18.3. The number of aromatic nitrogens is 2. The van der Waals surface area contributed by atoms with Crippen LogP contribution >= 0.6 is 0 Å². The number of nitrogens with zero attached hydrogens (tertiary/aromatic N) is 3. The van der Waals surface area contributed by atoms with Crippen LogP contribution in [0.25, 0.3) is 10.9 Å². The number of benzene rings is 2. The molecule has 0 unspecified atom stereocenters. The minimum Gasteiger partial charge on any atom is -0.384 e. The van der Waals surface area contributed by atoms with Crippen LogP contribution in [0.15, 0.2) is 30.3 Å². The van der Waals surface area contributed by atoms with E-state index in [0.29, 0.717) is 28.2 Å². The monoisotopic (exact) mass is 490 g/mol. The average Bonchev–Trinajstić information content (AvgIpc) is 2.92. The number of hydrogen-bond acceptors (Lipinski definition) is 5. The zero-order chi connectivity index (χ0) is 25.9. The van der Waals surface area contributed by atoms with Crippen molar-refractivity contribution in [2.75, 3.05) is 23.8 Å². The molecule has 2 N–H and O–H groups in total. The van der Waals surface area contributed by atoms with Gasteiger partial charge in [-0.3, -0.25) is 4.79 Å². The lowest BCUT2D eigenvalue weighted by atomic mass is 9.91. The summed E-state index contributed by atoms with van der Waals surface area (Å²) in [4.78, 5) is 22.3. The standard InChI is InChI=1S/C25H26F4N4O2/c1-13-31-18-12-17-19(33(5)22(34)24(17,4)27)11-15(18)21(32-13)30-10-9-14-7-6-8-16(20(14)26)25(28,29)23(2,3)35/h6-8,11-12,35H,9-10H2,1-5H3,(H,30,31,32)/t24-/m1/s1. The molecule has 0 bridgehead atoms. The summed E-state index contributed by atoms with van der Waals surface area (Å²) >= 11 is 0. The Morgan fingerprint density at radius 1 is 1.20 bits per heavy atom. The van der Waals surface area contributed by atoms with Gasteiger partial charge in [0.2, 0.25) is 5.67 Å². The number of aryl methyl sites for hydroxylation is 1. The maximum absolute atomic E-state index is 15.0. The fourth-order valence-corrected chi connectivity index (χ4v) is 4.27. The lowest BCUT2D eigenvalue weighted by Crippen LogP contribution is -2.41. The molecule has 6 nitrogen and oxygen atoms in total. The van der Waals surface area contributed by atoms with Gasteiger partial charge in [-0.2, -0.15) is 8.78 Å². The summed E-state index contributed by atoms with van der Waals surface area (Å²) in [5, 5.41) is 13.4. The zero-order valence-corrected chi connectivity index (χ0v) is 20.0.